The van der Waals surface area contributed by atoms with Crippen LogP contribution in [0.5, 0.6) is 0 Å². The maximum absolute atomic E-state index is 9.30. The lowest BCUT2D eigenvalue weighted by Crippen LogP contribution is -2.37. The number of aliphatic hydroxyl groups is 1. The number of nitrogens with zero attached hydrogens (tertiary/aromatic N) is 2. The maximum atomic E-state index is 9.30. The Morgan fingerprint density at radius 1 is 1.60 bits per heavy atom. The standard InChI is InChI=1S/C9H14ClN3OS/c1-5(14)9-13-12-8(15-9)4-6-2-7(3-6)11-10/h5-7,11,14H,2-4H2,1H3/t5-,6?,7?/m0/s1. The molecular formula is C9H14ClN3OS. The molecule has 0 bridgehead atoms. The molecule has 84 valence electrons. The van der Waals surface area contributed by atoms with Crippen molar-refractivity contribution in [2.75, 3.05) is 0 Å². The van der Waals surface area contributed by atoms with Gasteiger partial charge in [-0.2, -0.15) is 0 Å². The summed E-state index contributed by atoms with van der Waals surface area (Å²) in [5.41, 5.74) is 0. The lowest BCUT2D eigenvalue weighted by atomic mass is 9.79. The van der Waals surface area contributed by atoms with Crippen molar-refractivity contribution in [1.29, 1.82) is 0 Å². The fourth-order valence-electron chi connectivity index (χ4n) is 1.76. The van der Waals surface area contributed by atoms with Crippen molar-refractivity contribution in [3.63, 3.8) is 0 Å². The van der Waals surface area contributed by atoms with Crippen LogP contribution in [-0.4, -0.2) is 21.3 Å². The monoisotopic (exact) mass is 247 g/mol. The summed E-state index contributed by atoms with van der Waals surface area (Å²) in [6, 6.07) is 0.459. The molecule has 0 spiro atoms. The first-order chi connectivity index (χ1) is 7.19. The third kappa shape index (κ3) is 2.66. The largest absolute Gasteiger partial charge is 0.386 e. The van der Waals surface area contributed by atoms with Crippen LogP contribution in [0.3, 0.4) is 0 Å². The molecule has 0 aliphatic heterocycles. The minimum Gasteiger partial charge on any atom is -0.386 e. The zero-order valence-corrected chi connectivity index (χ0v) is 10.1. The Balaban J connectivity index is 1.84. The third-order valence-corrected chi connectivity index (χ3v) is 4.12. The Bertz CT molecular complexity index is 325. The number of rotatable bonds is 4. The van der Waals surface area contributed by atoms with E-state index in [9.17, 15) is 5.11 Å². The molecule has 0 aromatic carbocycles. The summed E-state index contributed by atoms with van der Waals surface area (Å²) in [4.78, 5) is 2.74. The van der Waals surface area contributed by atoms with Crippen LogP contribution in [0, 0.1) is 5.92 Å². The second kappa shape index (κ2) is 4.74. The fraction of sp³-hybridized carbons (Fsp3) is 0.778. The highest BCUT2D eigenvalue weighted by Crippen LogP contribution is 2.32. The molecule has 1 atom stereocenters. The first-order valence-corrected chi connectivity index (χ1v) is 6.25. The Morgan fingerprint density at radius 2 is 2.33 bits per heavy atom. The maximum Gasteiger partial charge on any atom is 0.145 e. The molecule has 0 unspecified atom stereocenters. The van der Waals surface area contributed by atoms with Crippen molar-refractivity contribution in [3.05, 3.63) is 10.0 Å². The predicted octanol–water partition coefficient (Wildman–Crippen LogP) is 1.66. The van der Waals surface area contributed by atoms with Crippen LogP contribution in [0.25, 0.3) is 0 Å². The molecule has 1 aromatic rings. The van der Waals surface area contributed by atoms with E-state index in [1.165, 1.54) is 11.3 Å². The van der Waals surface area contributed by atoms with E-state index in [0.717, 1.165) is 24.3 Å². The highest BCUT2D eigenvalue weighted by molar-refractivity contribution is 7.11. The molecule has 4 nitrogen and oxygen atoms in total. The molecule has 1 heterocycles. The molecule has 1 aromatic heterocycles. The van der Waals surface area contributed by atoms with Crippen LogP contribution in [0.15, 0.2) is 0 Å². The van der Waals surface area contributed by atoms with Gasteiger partial charge in [-0.05, 0) is 37.5 Å². The zero-order chi connectivity index (χ0) is 10.8. The van der Waals surface area contributed by atoms with Gasteiger partial charge in [-0.25, -0.2) is 4.84 Å². The molecule has 1 aliphatic carbocycles. The quantitative estimate of drug-likeness (QED) is 0.795. The summed E-state index contributed by atoms with van der Waals surface area (Å²) >= 11 is 7.01. The van der Waals surface area contributed by atoms with Gasteiger partial charge in [0.1, 0.15) is 16.1 Å². The van der Waals surface area contributed by atoms with Crippen molar-refractivity contribution in [1.82, 2.24) is 15.0 Å². The van der Waals surface area contributed by atoms with Gasteiger partial charge in [0.05, 0.1) is 0 Å². The Kier molecular flexibility index (Phi) is 3.56. The lowest BCUT2D eigenvalue weighted by molar-refractivity contribution is 0.198. The molecular weight excluding hydrogens is 234 g/mol. The molecule has 2 rings (SSSR count). The van der Waals surface area contributed by atoms with Gasteiger partial charge < -0.3 is 5.11 Å². The Morgan fingerprint density at radius 3 is 2.87 bits per heavy atom. The van der Waals surface area contributed by atoms with Gasteiger partial charge >= 0.3 is 0 Å². The second-order valence-electron chi connectivity index (χ2n) is 4.06. The number of halogens is 1. The minimum atomic E-state index is -0.505. The van der Waals surface area contributed by atoms with Crippen LogP contribution in [0.2, 0.25) is 0 Å². The molecule has 6 heteroatoms. The molecule has 2 N–H and O–H groups in total. The van der Waals surface area contributed by atoms with Crippen LogP contribution in [-0.2, 0) is 6.42 Å². The Hall–Kier alpha value is -0.230. The zero-order valence-electron chi connectivity index (χ0n) is 8.48. The summed E-state index contributed by atoms with van der Waals surface area (Å²) in [6.07, 6.45) is 2.66. The van der Waals surface area contributed by atoms with Crippen LogP contribution in [0.1, 0.15) is 35.9 Å². The van der Waals surface area contributed by atoms with Crippen LogP contribution in [0.4, 0.5) is 0 Å². The predicted molar refractivity (Wildman–Crippen MR) is 59.7 cm³/mol. The van der Waals surface area contributed by atoms with Gasteiger partial charge in [0.15, 0.2) is 0 Å². The number of aliphatic hydroxyl groups excluding tert-OH is 1. The minimum absolute atomic E-state index is 0.459. The fourth-order valence-corrected chi connectivity index (χ4v) is 2.83. The van der Waals surface area contributed by atoms with E-state index in [4.69, 9.17) is 11.8 Å². The summed E-state index contributed by atoms with van der Waals surface area (Å²) < 4.78 is 0. The SMILES string of the molecule is C[C@H](O)c1nnc(CC2CC(NCl)C2)s1. The van der Waals surface area contributed by atoms with Gasteiger partial charge in [0, 0.05) is 12.5 Å². The van der Waals surface area contributed by atoms with Crippen molar-refractivity contribution in [3.8, 4) is 0 Å². The highest BCUT2D eigenvalue weighted by atomic mass is 35.5. The van der Waals surface area contributed by atoms with Crippen molar-refractivity contribution >= 4 is 23.1 Å². The summed E-state index contributed by atoms with van der Waals surface area (Å²) in [5, 5.41) is 19.0. The highest BCUT2D eigenvalue weighted by Gasteiger charge is 2.29. The number of nitrogens with one attached hydrogen (secondary N) is 1. The van der Waals surface area contributed by atoms with Gasteiger partial charge in [0.2, 0.25) is 0 Å². The molecule has 1 saturated carbocycles. The van der Waals surface area contributed by atoms with Crippen molar-refractivity contribution < 1.29 is 5.11 Å². The molecule has 1 fully saturated rings. The topological polar surface area (TPSA) is 58.0 Å². The van der Waals surface area contributed by atoms with E-state index in [1.54, 1.807) is 6.92 Å². The van der Waals surface area contributed by atoms with Gasteiger partial charge in [-0.3, -0.25) is 0 Å². The first-order valence-electron chi connectivity index (χ1n) is 5.05. The van der Waals surface area contributed by atoms with E-state index in [2.05, 4.69) is 15.0 Å². The van der Waals surface area contributed by atoms with Gasteiger partial charge in [0.25, 0.3) is 0 Å². The van der Waals surface area contributed by atoms with E-state index < -0.39 is 6.10 Å². The molecule has 0 saturated heterocycles. The summed E-state index contributed by atoms with van der Waals surface area (Å²) in [5.74, 6) is 0.663. The average molecular weight is 248 g/mol. The first kappa shape index (κ1) is 11.3. The lowest BCUT2D eigenvalue weighted by Gasteiger charge is -2.33. The van der Waals surface area contributed by atoms with Gasteiger partial charge in [-0.1, -0.05) is 11.3 Å². The number of hydrogen-bond donors (Lipinski definition) is 2. The van der Waals surface area contributed by atoms with E-state index in [1.807, 2.05) is 0 Å². The van der Waals surface area contributed by atoms with Crippen molar-refractivity contribution in [2.45, 2.75) is 38.3 Å². The van der Waals surface area contributed by atoms with E-state index >= 15 is 0 Å². The third-order valence-electron chi connectivity index (χ3n) is 2.69. The normalized spacial score (nSPS) is 27.4. The van der Waals surface area contributed by atoms with Crippen LogP contribution >= 0.6 is 23.1 Å². The molecule has 0 amide bonds. The number of aromatic nitrogens is 2. The van der Waals surface area contributed by atoms with Crippen molar-refractivity contribution in [2.24, 2.45) is 5.92 Å². The van der Waals surface area contributed by atoms with Gasteiger partial charge in [-0.15, -0.1) is 10.2 Å². The summed E-state index contributed by atoms with van der Waals surface area (Å²) in [6.45, 7) is 1.71. The van der Waals surface area contributed by atoms with Crippen LogP contribution < -0.4 is 4.84 Å². The molecule has 15 heavy (non-hydrogen) atoms. The molecule has 0 radical (unpaired) electrons. The Labute approximate surface area is 97.8 Å². The second-order valence-corrected chi connectivity index (χ2v) is 5.37. The number of hydrogen-bond acceptors (Lipinski definition) is 5. The van der Waals surface area contributed by atoms with E-state index in [-0.39, 0.29) is 0 Å². The van der Waals surface area contributed by atoms with E-state index in [0.29, 0.717) is 17.0 Å². The molecule has 1 aliphatic rings. The average Bonchev–Trinajstić information content (AvgIpc) is 2.58. The summed E-state index contributed by atoms with van der Waals surface area (Å²) in [7, 11) is 0. The smallest absolute Gasteiger partial charge is 0.145 e.